The molecule has 0 spiro atoms. The van der Waals surface area contributed by atoms with Crippen molar-refractivity contribution in [3.05, 3.63) is 40.6 Å². The Hall–Kier alpha value is -1.65. The predicted octanol–water partition coefficient (Wildman–Crippen LogP) is 2.03. The van der Waals surface area contributed by atoms with Gasteiger partial charge in [0.1, 0.15) is 16.4 Å². The molecule has 1 aromatic carbocycles. The summed E-state index contributed by atoms with van der Waals surface area (Å²) in [6, 6.07) is 6.77. The van der Waals surface area contributed by atoms with Crippen molar-refractivity contribution in [2.45, 2.75) is 10.9 Å². The average Bonchev–Trinajstić information content (AvgIpc) is 3.23. The molecule has 7 nitrogen and oxygen atoms in total. The lowest BCUT2D eigenvalue weighted by molar-refractivity contribution is 0.113. The third kappa shape index (κ3) is 4.84. The molecule has 1 N–H and O–H groups in total. The largest absolute Gasteiger partial charge is 0.497 e. The number of nitrogens with zero attached hydrogens (tertiary/aromatic N) is 2. The third-order valence-electron chi connectivity index (χ3n) is 5.03. The number of ether oxygens (including phenoxy) is 2. The predicted molar refractivity (Wildman–Crippen MR) is 111 cm³/mol. The first-order valence-electron chi connectivity index (χ1n) is 9.11. The van der Waals surface area contributed by atoms with Crippen LogP contribution in [0, 0.1) is 0 Å². The van der Waals surface area contributed by atoms with Crippen molar-refractivity contribution in [1.82, 2.24) is 14.5 Å². The van der Waals surface area contributed by atoms with Gasteiger partial charge < -0.3 is 14.4 Å². The SMILES string of the molecule is COc1ccc(S(=O)(=O)NCC(c2ccsc2)N2CCN(C)CC2)c(OC)c1. The zero-order chi connectivity index (χ0) is 20.1. The number of sulfonamides is 1. The van der Waals surface area contributed by atoms with Gasteiger partial charge in [0.15, 0.2) is 0 Å². The molecule has 0 amide bonds. The van der Waals surface area contributed by atoms with Crippen LogP contribution in [0.3, 0.4) is 0 Å². The van der Waals surface area contributed by atoms with Crippen molar-refractivity contribution in [3.63, 3.8) is 0 Å². The summed E-state index contributed by atoms with van der Waals surface area (Å²) >= 11 is 1.62. The van der Waals surface area contributed by atoms with Gasteiger partial charge in [-0.25, -0.2) is 13.1 Å². The molecule has 2 aromatic rings. The summed E-state index contributed by atoms with van der Waals surface area (Å²) in [6.45, 7) is 4.06. The molecule has 154 valence electrons. The van der Waals surface area contributed by atoms with E-state index >= 15 is 0 Å². The smallest absolute Gasteiger partial charge is 0.244 e. The third-order valence-corrected chi connectivity index (χ3v) is 7.20. The molecule has 1 aromatic heterocycles. The summed E-state index contributed by atoms with van der Waals surface area (Å²) < 4.78 is 39.1. The molecule has 1 unspecified atom stereocenters. The number of nitrogens with one attached hydrogen (secondary N) is 1. The van der Waals surface area contributed by atoms with E-state index in [4.69, 9.17) is 9.47 Å². The maximum absolute atomic E-state index is 13.0. The second kappa shape index (κ2) is 9.23. The number of thiophene rings is 1. The van der Waals surface area contributed by atoms with Crippen LogP contribution in [0.15, 0.2) is 39.9 Å². The lowest BCUT2D eigenvalue weighted by Crippen LogP contribution is -2.48. The van der Waals surface area contributed by atoms with Gasteiger partial charge in [-0.1, -0.05) is 0 Å². The zero-order valence-corrected chi connectivity index (χ0v) is 18.1. The number of likely N-dealkylation sites (N-methyl/N-ethyl adjacent to an activating group) is 1. The molecule has 1 aliphatic rings. The van der Waals surface area contributed by atoms with Gasteiger partial charge in [-0.3, -0.25) is 4.90 Å². The van der Waals surface area contributed by atoms with Crippen molar-refractivity contribution in [2.75, 3.05) is 54.0 Å². The summed E-state index contributed by atoms with van der Waals surface area (Å²) in [6.07, 6.45) is 0. The number of piperazine rings is 1. The molecule has 0 bridgehead atoms. The highest BCUT2D eigenvalue weighted by Crippen LogP contribution is 2.29. The van der Waals surface area contributed by atoms with Crippen molar-refractivity contribution in [3.8, 4) is 11.5 Å². The summed E-state index contributed by atoms with van der Waals surface area (Å²) in [4.78, 5) is 4.74. The van der Waals surface area contributed by atoms with Crippen LogP contribution in [-0.4, -0.2) is 72.2 Å². The van der Waals surface area contributed by atoms with Crippen LogP contribution in [-0.2, 0) is 10.0 Å². The lowest BCUT2D eigenvalue weighted by Gasteiger charge is -2.38. The standard InChI is InChI=1S/C19H27N3O4S2/c1-21-7-9-22(10-8-21)17(15-6-11-27-14-15)13-20-28(23,24)19-5-4-16(25-2)12-18(19)26-3/h4-6,11-12,14,17,20H,7-10,13H2,1-3H3. The molecule has 2 heterocycles. The summed E-state index contributed by atoms with van der Waals surface area (Å²) in [5.74, 6) is 0.808. The van der Waals surface area contributed by atoms with Gasteiger partial charge >= 0.3 is 0 Å². The minimum Gasteiger partial charge on any atom is -0.497 e. The molecule has 1 fully saturated rings. The normalized spacial score (nSPS) is 17.4. The van der Waals surface area contributed by atoms with Crippen LogP contribution in [0.1, 0.15) is 11.6 Å². The number of hydrogen-bond donors (Lipinski definition) is 1. The fraction of sp³-hybridized carbons (Fsp3) is 0.474. The summed E-state index contributed by atoms with van der Waals surface area (Å²) in [5.41, 5.74) is 1.14. The van der Waals surface area contributed by atoms with E-state index in [9.17, 15) is 8.42 Å². The number of rotatable bonds is 8. The minimum absolute atomic E-state index is 0.000955. The molecule has 9 heteroatoms. The van der Waals surface area contributed by atoms with E-state index in [1.54, 1.807) is 23.5 Å². The molecular formula is C19H27N3O4S2. The first kappa shape index (κ1) is 21.1. The second-order valence-corrected chi connectivity index (χ2v) is 9.30. The van der Waals surface area contributed by atoms with Crippen molar-refractivity contribution in [1.29, 1.82) is 0 Å². The Morgan fingerprint density at radius 2 is 1.89 bits per heavy atom. The van der Waals surface area contributed by atoms with Crippen molar-refractivity contribution >= 4 is 21.4 Å². The van der Waals surface area contributed by atoms with Gasteiger partial charge in [-0.2, -0.15) is 11.3 Å². The van der Waals surface area contributed by atoms with Crippen LogP contribution >= 0.6 is 11.3 Å². The van der Waals surface area contributed by atoms with Crippen LogP contribution in [0.4, 0.5) is 0 Å². The van der Waals surface area contributed by atoms with E-state index in [2.05, 4.69) is 33.0 Å². The summed E-state index contributed by atoms with van der Waals surface area (Å²) in [5, 5.41) is 4.12. The van der Waals surface area contributed by atoms with Gasteiger partial charge in [0.2, 0.25) is 10.0 Å². The van der Waals surface area contributed by atoms with E-state index < -0.39 is 10.0 Å². The van der Waals surface area contributed by atoms with Crippen LogP contribution in [0.25, 0.3) is 0 Å². The molecular weight excluding hydrogens is 398 g/mol. The Balaban J connectivity index is 1.79. The first-order valence-corrected chi connectivity index (χ1v) is 11.5. The van der Waals surface area contributed by atoms with Crippen molar-refractivity contribution < 1.29 is 17.9 Å². The Bertz CT molecular complexity index is 863. The van der Waals surface area contributed by atoms with E-state index in [1.165, 1.54) is 20.3 Å². The van der Waals surface area contributed by atoms with Crippen LogP contribution < -0.4 is 14.2 Å². The van der Waals surface area contributed by atoms with Crippen LogP contribution in [0.5, 0.6) is 11.5 Å². The number of methoxy groups -OCH3 is 2. The maximum Gasteiger partial charge on any atom is 0.244 e. The van der Waals surface area contributed by atoms with Gasteiger partial charge in [0, 0.05) is 44.8 Å². The Labute approximate surface area is 170 Å². The highest BCUT2D eigenvalue weighted by molar-refractivity contribution is 7.89. The Kier molecular flexibility index (Phi) is 6.95. The molecule has 28 heavy (non-hydrogen) atoms. The average molecular weight is 426 g/mol. The van der Waals surface area contributed by atoms with E-state index in [-0.39, 0.29) is 16.7 Å². The Morgan fingerprint density at radius 3 is 2.50 bits per heavy atom. The molecule has 1 atom stereocenters. The van der Waals surface area contributed by atoms with Gasteiger partial charge in [-0.15, -0.1) is 0 Å². The van der Waals surface area contributed by atoms with Crippen LogP contribution in [0.2, 0.25) is 0 Å². The highest BCUT2D eigenvalue weighted by Gasteiger charge is 2.27. The fourth-order valence-corrected chi connectivity index (χ4v) is 5.21. The topological polar surface area (TPSA) is 71.1 Å². The van der Waals surface area contributed by atoms with Gasteiger partial charge in [0.25, 0.3) is 0 Å². The van der Waals surface area contributed by atoms with Gasteiger partial charge in [-0.05, 0) is 41.6 Å². The van der Waals surface area contributed by atoms with Crippen molar-refractivity contribution in [2.24, 2.45) is 0 Å². The summed E-state index contributed by atoms with van der Waals surface area (Å²) in [7, 11) is 1.36. The molecule has 0 aliphatic carbocycles. The molecule has 0 saturated carbocycles. The Morgan fingerprint density at radius 1 is 1.14 bits per heavy atom. The van der Waals surface area contributed by atoms with E-state index in [0.717, 1.165) is 31.7 Å². The highest BCUT2D eigenvalue weighted by atomic mass is 32.2. The maximum atomic E-state index is 13.0. The van der Waals surface area contributed by atoms with Gasteiger partial charge in [0.05, 0.1) is 14.2 Å². The molecule has 1 aliphatic heterocycles. The fourth-order valence-electron chi connectivity index (χ4n) is 3.32. The second-order valence-electron chi connectivity index (χ2n) is 6.78. The number of benzene rings is 1. The molecule has 3 rings (SSSR count). The quantitative estimate of drug-likeness (QED) is 0.698. The monoisotopic (exact) mass is 425 g/mol. The lowest BCUT2D eigenvalue weighted by atomic mass is 10.1. The number of hydrogen-bond acceptors (Lipinski definition) is 7. The zero-order valence-electron chi connectivity index (χ0n) is 16.4. The van der Waals surface area contributed by atoms with E-state index in [0.29, 0.717) is 12.3 Å². The van der Waals surface area contributed by atoms with E-state index in [1.807, 2.05) is 5.38 Å². The molecule has 1 saturated heterocycles. The minimum atomic E-state index is -3.73. The first-order chi connectivity index (χ1) is 13.4. The molecule has 0 radical (unpaired) electrons.